The van der Waals surface area contributed by atoms with Crippen LogP contribution in [-0.2, 0) is 0 Å². The molecule has 0 fully saturated rings. The van der Waals surface area contributed by atoms with Crippen molar-refractivity contribution in [1.29, 1.82) is 0 Å². The van der Waals surface area contributed by atoms with Crippen LogP contribution in [-0.4, -0.2) is 10.2 Å². The summed E-state index contributed by atoms with van der Waals surface area (Å²) in [4.78, 5) is 10.9. The molecule has 0 aliphatic carbocycles. The maximum atomic E-state index is 10.9. The molecule has 4 nitrogen and oxygen atoms in total. The number of fused-ring (bicyclic) bond motifs is 1. The molecule has 0 aliphatic rings. The van der Waals surface area contributed by atoms with Crippen LogP contribution in [0.5, 0.6) is 11.5 Å². The summed E-state index contributed by atoms with van der Waals surface area (Å²) in [6, 6.07) is 3.72. The van der Waals surface area contributed by atoms with E-state index < -0.39 is 5.63 Å². The molecule has 0 bridgehead atoms. The van der Waals surface area contributed by atoms with Gasteiger partial charge in [-0.25, -0.2) is 4.79 Å². The van der Waals surface area contributed by atoms with Gasteiger partial charge in [-0.15, -0.1) is 0 Å². The number of phenolic OH excluding ortho intramolecular Hbond substituents is 1. The first-order valence-corrected chi connectivity index (χ1v) is 4.52. The zero-order valence-corrected chi connectivity index (χ0v) is 8.41. The number of rotatable bonds is 0. The monoisotopic (exact) mass is 256 g/mol. The van der Waals surface area contributed by atoms with Crippen LogP contribution in [0.25, 0.3) is 11.0 Å². The lowest BCUT2D eigenvalue weighted by Gasteiger charge is -2.01. The molecule has 1 aromatic carbocycles. The second kappa shape index (κ2) is 3.02. The van der Waals surface area contributed by atoms with E-state index in [1.165, 1.54) is 12.1 Å². The van der Waals surface area contributed by atoms with Crippen LogP contribution in [0.15, 0.2) is 31.9 Å². The van der Waals surface area contributed by atoms with Gasteiger partial charge in [0.1, 0.15) is 17.1 Å². The fourth-order valence-corrected chi connectivity index (χ4v) is 1.50. The summed E-state index contributed by atoms with van der Waals surface area (Å²) in [6.07, 6.45) is 0. The molecule has 0 aliphatic heterocycles. The van der Waals surface area contributed by atoms with E-state index >= 15 is 0 Å². The molecule has 0 saturated carbocycles. The average Bonchev–Trinajstić information content (AvgIpc) is 2.08. The van der Waals surface area contributed by atoms with Gasteiger partial charge in [-0.2, -0.15) is 0 Å². The molecule has 2 rings (SSSR count). The third-order valence-corrected chi connectivity index (χ3v) is 2.43. The van der Waals surface area contributed by atoms with Crippen LogP contribution in [0.4, 0.5) is 0 Å². The van der Waals surface area contributed by atoms with Crippen molar-refractivity contribution in [3.63, 3.8) is 0 Å². The molecule has 2 N–H and O–H groups in total. The lowest BCUT2D eigenvalue weighted by molar-refractivity contribution is 0.461. The van der Waals surface area contributed by atoms with Crippen LogP contribution in [0.3, 0.4) is 0 Å². The minimum absolute atomic E-state index is 0.0498. The Kier molecular flexibility index (Phi) is 1.96. The molecule has 2 aromatic rings. The van der Waals surface area contributed by atoms with E-state index in [0.29, 0.717) is 9.86 Å². The second-order valence-corrected chi connectivity index (χ2v) is 3.60. The summed E-state index contributed by atoms with van der Waals surface area (Å²) < 4.78 is 5.21. The predicted molar refractivity (Wildman–Crippen MR) is 53.5 cm³/mol. The van der Waals surface area contributed by atoms with Crippen LogP contribution in [0.2, 0.25) is 0 Å². The first-order valence-electron chi connectivity index (χ1n) is 3.73. The molecule has 0 atom stereocenters. The van der Waals surface area contributed by atoms with Crippen molar-refractivity contribution >= 4 is 26.9 Å². The summed E-state index contributed by atoms with van der Waals surface area (Å²) in [5.74, 6) is -0.219. The van der Waals surface area contributed by atoms with E-state index in [-0.39, 0.29) is 17.1 Å². The maximum absolute atomic E-state index is 10.9. The van der Waals surface area contributed by atoms with Gasteiger partial charge >= 0.3 is 5.63 Å². The van der Waals surface area contributed by atoms with Crippen molar-refractivity contribution in [1.82, 2.24) is 0 Å². The van der Waals surface area contributed by atoms with Gasteiger partial charge < -0.3 is 14.6 Å². The lowest BCUT2D eigenvalue weighted by atomic mass is 10.2. The Labute approximate surface area is 86.5 Å². The highest BCUT2D eigenvalue weighted by molar-refractivity contribution is 9.10. The highest BCUT2D eigenvalue weighted by Crippen LogP contribution is 2.32. The van der Waals surface area contributed by atoms with E-state index in [9.17, 15) is 15.0 Å². The van der Waals surface area contributed by atoms with Crippen LogP contribution in [0.1, 0.15) is 0 Å². The molecule has 14 heavy (non-hydrogen) atoms. The van der Waals surface area contributed by atoms with E-state index in [1.807, 2.05) is 0 Å². The van der Waals surface area contributed by atoms with E-state index in [2.05, 4.69) is 15.9 Å². The zero-order valence-electron chi connectivity index (χ0n) is 6.82. The van der Waals surface area contributed by atoms with E-state index in [4.69, 9.17) is 4.42 Å². The Balaban J connectivity index is 2.96. The molecule has 0 spiro atoms. The molecule has 0 saturated heterocycles. The standard InChI is InChI=1S/C9H5BrO4/c10-5-1-4-6(11)3-9(13)14-8(4)2-7(5)12/h1-3,11-12H. The zero-order chi connectivity index (χ0) is 10.3. The number of phenols is 1. The number of halogens is 1. The van der Waals surface area contributed by atoms with E-state index in [1.54, 1.807) is 0 Å². The van der Waals surface area contributed by atoms with Gasteiger partial charge in [0.15, 0.2) is 0 Å². The first kappa shape index (κ1) is 9.08. The van der Waals surface area contributed by atoms with Crippen molar-refractivity contribution < 1.29 is 14.6 Å². The smallest absolute Gasteiger partial charge is 0.339 e. The summed E-state index contributed by atoms with van der Waals surface area (Å²) in [7, 11) is 0. The van der Waals surface area contributed by atoms with Crippen LogP contribution in [0, 0.1) is 0 Å². The molecule has 1 aromatic heterocycles. The molecular formula is C9H5BrO4. The van der Waals surface area contributed by atoms with Gasteiger partial charge in [0.05, 0.1) is 15.9 Å². The highest BCUT2D eigenvalue weighted by atomic mass is 79.9. The SMILES string of the molecule is O=c1cc(O)c2cc(Br)c(O)cc2o1. The van der Waals surface area contributed by atoms with Gasteiger partial charge in [-0.3, -0.25) is 0 Å². The van der Waals surface area contributed by atoms with Gasteiger partial charge in [0.25, 0.3) is 0 Å². The van der Waals surface area contributed by atoms with Crippen molar-refractivity contribution in [2.45, 2.75) is 0 Å². The third-order valence-electron chi connectivity index (χ3n) is 1.79. The molecule has 0 amide bonds. The molecule has 5 heteroatoms. The Morgan fingerprint density at radius 1 is 1.14 bits per heavy atom. The number of benzene rings is 1. The fraction of sp³-hybridized carbons (Fsp3) is 0. The summed E-state index contributed by atoms with van der Waals surface area (Å²) >= 11 is 3.09. The molecule has 72 valence electrons. The fourth-order valence-electron chi connectivity index (χ4n) is 1.15. The average molecular weight is 257 g/mol. The Hall–Kier alpha value is -1.49. The normalized spacial score (nSPS) is 10.6. The Bertz CT molecular complexity index is 558. The van der Waals surface area contributed by atoms with E-state index in [0.717, 1.165) is 6.07 Å². The van der Waals surface area contributed by atoms with Crippen molar-refractivity contribution in [3.05, 3.63) is 33.1 Å². The summed E-state index contributed by atoms with van der Waals surface area (Å²) in [5, 5.41) is 19.1. The summed E-state index contributed by atoms with van der Waals surface area (Å²) in [6.45, 7) is 0. The highest BCUT2D eigenvalue weighted by Gasteiger charge is 2.07. The largest absolute Gasteiger partial charge is 0.507 e. The minimum atomic E-state index is -0.656. The molecule has 1 heterocycles. The predicted octanol–water partition coefficient (Wildman–Crippen LogP) is 1.97. The topological polar surface area (TPSA) is 70.7 Å². The Morgan fingerprint density at radius 2 is 1.86 bits per heavy atom. The van der Waals surface area contributed by atoms with Gasteiger partial charge in [-0.1, -0.05) is 0 Å². The summed E-state index contributed by atoms with van der Waals surface area (Å²) in [5.41, 5.74) is -0.507. The molecule has 0 unspecified atom stereocenters. The van der Waals surface area contributed by atoms with Crippen LogP contribution >= 0.6 is 15.9 Å². The quantitative estimate of drug-likeness (QED) is 0.708. The van der Waals surface area contributed by atoms with Gasteiger partial charge in [0, 0.05) is 6.07 Å². The third kappa shape index (κ3) is 1.35. The number of hydrogen-bond acceptors (Lipinski definition) is 4. The van der Waals surface area contributed by atoms with Crippen molar-refractivity contribution in [3.8, 4) is 11.5 Å². The van der Waals surface area contributed by atoms with Gasteiger partial charge in [-0.05, 0) is 22.0 Å². The van der Waals surface area contributed by atoms with Crippen molar-refractivity contribution in [2.75, 3.05) is 0 Å². The minimum Gasteiger partial charge on any atom is -0.507 e. The number of hydrogen-bond donors (Lipinski definition) is 2. The Morgan fingerprint density at radius 3 is 2.57 bits per heavy atom. The second-order valence-electron chi connectivity index (χ2n) is 2.75. The molecular weight excluding hydrogens is 252 g/mol. The van der Waals surface area contributed by atoms with Crippen molar-refractivity contribution in [2.24, 2.45) is 0 Å². The van der Waals surface area contributed by atoms with Crippen LogP contribution < -0.4 is 5.63 Å². The van der Waals surface area contributed by atoms with Gasteiger partial charge in [0.2, 0.25) is 0 Å². The lowest BCUT2D eigenvalue weighted by Crippen LogP contribution is -1.95. The first-order chi connectivity index (χ1) is 6.58. The number of aromatic hydroxyl groups is 2. The maximum Gasteiger partial charge on any atom is 0.339 e. The molecule has 0 radical (unpaired) electrons.